The third-order valence-corrected chi connectivity index (χ3v) is 4.88. The monoisotopic (exact) mass is 384 g/mol. The Balaban J connectivity index is 1.52. The second kappa shape index (κ2) is 7.55. The fourth-order valence-electron chi connectivity index (χ4n) is 3.23. The van der Waals surface area contributed by atoms with Crippen LogP contribution in [-0.4, -0.2) is 10.9 Å². The van der Waals surface area contributed by atoms with Crippen molar-refractivity contribution in [3.63, 3.8) is 0 Å². The number of aromatic nitrogens is 1. The summed E-state index contributed by atoms with van der Waals surface area (Å²) in [5.41, 5.74) is 5.41. The summed E-state index contributed by atoms with van der Waals surface area (Å²) in [6, 6.07) is 23.5. The molecular weight excluding hydrogens is 360 g/mol. The van der Waals surface area contributed by atoms with Gasteiger partial charge in [-0.05, 0) is 46.9 Å². The van der Waals surface area contributed by atoms with E-state index in [0.717, 1.165) is 16.6 Å². The lowest BCUT2D eigenvalue weighted by Crippen LogP contribution is -2.14. The Bertz CT molecular complexity index is 1140. The molecule has 1 heterocycles. The summed E-state index contributed by atoms with van der Waals surface area (Å²) in [7, 11) is 0. The molecular formula is C25H24N2O2. The highest BCUT2D eigenvalue weighted by Crippen LogP contribution is 2.29. The Kier molecular flexibility index (Phi) is 4.93. The van der Waals surface area contributed by atoms with Crippen molar-refractivity contribution in [1.82, 2.24) is 4.98 Å². The largest absolute Gasteiger partial charge is 0.436 e. The van der Waals surface area contributed by atoms with E-state index in [1.54, 1.807) is 0 Å². The Morgan fingerprint density at radius 3 is 2.38 bits per heavy atom. The third-order valence-electron chi connectivity index (χ3n) is 4.88. The zero-order valence-electron chi connectivity index (χ0n) is 16.9. The van der Waals surface area contributed by atoms with Crippen LogP contribution in [0.2, 0.25) is 0 Å². The van der Waals surface area contributed by atoms with Gasteiger partial charge in [0.1, 0.15) is 5.52 Å². The van der Waals surface area contributed by atoms with E-state index < -0.39 is 0 Å². The van der Waals surface area contributed by atoms with Crippen molar-refractivity contribution in [2.75, 3.05) is 5.32 Å². The SMILES string of the molecule is CC(C)(C)c1ccc(-c2nc3cc(NC(=O)Cc4ccccc4)ccc3o2)cc1. The number of hydrogen-bond acceptors (Lipinski definition) is 3. The second-order valence-corrected chi connectivity index (χ2v) is 8.24. The molecule has 0 aliphatic carbocycles. The molecule has 0 aliphatic heterocycles. The van der Waals surface area contributed by atoms with Crippen LogP contribution < -0.4 is 5.32 Å². The molecule has 3 aromatic carbocycles. The lowest BCUT2D eigenvalue weighted by molar-refractivity contribution is -0.115. The van der Waals surface area contributed by atoms with Gasteiger partial charge in [-0.3, -0.25) is 4.79 Å². The number of anilines is 1. The first-order valence-corrected chi connectivity index (χ1v) is 9.74. The van der Waals surface area contributed by atoms with E-state index in [-0.39, 0.29) is 11.3 Å². The second-order valence-electron chi connectivity index (χ2n) is 8.24. The minimum Gasteiger partial charge on any atom is -0.436 e. The summed E-state index contributed by atoms with van der Waals surface area (Å²) in [6.45, 7) is 6.57. The normalized spacial score (nSPS) is 11.6. The maximum absolute atomic E-state index is 12.3. The van der Waals surface area contributed by atoms with Gasteiger partial charge in [0.15, 0.2) is 5.58 Å². The first-order chi connectivity index (χ1) is 13.9. The summed E-state index contributed by atoms with van der Waals surface area (Å²) in [6.07, 6.45) is 0.336. The van der Waals surface area contributed by atoms with Crippen LogP contribution in [0.1, 0.15) is 31.9 Å². The lowest BCUT2D eigenvalue weighted by Gasteiger charge is -2.18. The molecule has 4 heteroatoms. The highest BCUT2D eigenvalue weighted by molar-refractivity contribution is 5.94. The molecule has 0 radical (unpaired) electrons. The zero-order chi connectivity index (χ0) is 20.4. The van der Waals surface area contributed by atoms with Gasteiger partial charge in [-0.1, -0.05) is 63.2 Å². The van der Waals surface area contributed by atoms with Crippen LogP contribution in [0.15, 0.2) is 77.2 Å². The minimum absolute atomic E-state index is 0.0583. The average molecular weight is 384 g/mol. The van der Waals surface area contributed by atoms with E-state index >= 15 is 0 Å². The number of carbonyl (C=O) groups is 1. The van der Waals surface area contributed by atoms with Gasteiger partial charge in [0.2, 0.25) is 11.8 Å². The Morgan fingerprint density at radius 2 is 1.69 bits per heavy atom. The molecule has 146 valence electrons. The van der Waals surface area contributed by atoms with E-state index in [1.165, 1.54) is 5.56 Å². The predicted molar refractivity (Wildman–Crippen MR) is 117 cm³/mol. The summed E-state index contributed by atoms with van der Waals surface area (Å²) >= 11 is 0. The molecule has 0 fully saturated rings. The summed E-state index contributed by atoms with van der Waals surface area (Å²) in [4.78, 5) is 16.9. The number of benzene rings is 3. The lowest BCUT2D eigenvalue weighted by atomic mass is 9.87. The van der Waals surface area contributed by atoms with Gasteiger partial charge in [0, 0.05) is 11.3 Å². The van der Waals surface area contributed by atoms with Gasteiger partial charge in [0.05, 0.1) is 6.42 Å². The highest BCUT2D eigenvalue weighted by atomic mass is 16.3. The Morgan fingerprint density at radius 1 is 0.966 bits per heavy atom. The molecule has 0 saturated carbocycles. The predicted octanol–water partition coefficient (Wildman–Crippen LogP) is 5.97. The van der Waals surface area contributed by atoms with Crippen molar-refractivity contribution in [3.05, 3.63) is 83.9 Å². The molecule has 29 heavy (non-hydrogen) atoms. The third kappa shape index (κ3) is 4.37. The number of hydrogen-bond donors (Lipinski definition) is 1. The van der Waals surface area contributed by atoms with E-state index in [1.807, 2.05) is 60.7 Å². The minimum atomic E-state index is -0.0583. The number of rotatable bonds is 4. The maximum Gasteiger partial charge on any atom is 0.228 e. The number of nitrogens with one attached hydrogen (secondary N) is 1. The van der Waals surface area contributed by atoms with E-state index in [9.17, 15) is 4.79 Å². The van der Waals surface area contributed by atoms with E-state index in [0.29, 0.717) is 23.6 Å². The van der Waals surface area contributed by atoms with E-state index in [4.69, 9.17) is 4.42 Å². The molecule has 0 saturated heterocycles. The van der Waals surface area contributed by atoms with Gasteiger partial charge < -0.3 is 9.73 Å². The first kappa shape index (κ1) is 18.9. The average Bonchev–Trinajstić information content (AvgIpc) is 3.11. The molecule has 4 nitrogen and oxygen atoms in total. The fourth-order valence-corrected chi connectivity index (χ4v) is 3.23. The molecule has 1 amide bonds. The molecule has 1 N–H and O–H groups in total. The Hall–Kier alpha value is -3.40. The molecule has 0 spiro atoms. The van der Waals surface area contributed by atoms with Crippen molar-refractivity contribution in [2.24, 2.45) is 0 Å². The van der Waals surface area contributed by atoms with Gasteiger partial charge in [-0.15, -0.1) is 0 Å². The van der Waals surface area contributed by atoms with Crippen molar-refractivity contribution < 1.29 is 9.21 Å². The quantitative estimate of drug-likeness (QED) is 0.471. The van der Waals surface area contributed by atoms with Crippen LogP contribution in [0, 0.1) is 0 Å². The van der Waals surface area contributed by atoms with Crippen molar-refractivity contribution in [2.45, 2.75) is 32.6 Å². The van der Waals surface area contributed by atoms with Crippen molar-refractivity contribution >= 4 is 22.7 Å². The van der Waals surface area contributed by atoms with Crippen LogP contribution >= 0.6 is 0 Å². The standard InChI is InChI=1S/C25H24N2O2/c1-25(2,3)19-11-9-18(10-12-19)24-27-21-16-20(13-14-22(21)29-24)26-23(28)15-17-7-5-4-6-8-17/h4-14,16H,15H2,1-3H3,(H,26,28). The fraction of sp³-hybridized carbons (Fsp3) is 0.200. The Labute approximate surface area is 170 Å². The maximum atomic E-state index is 12.3. The molecule has 4 rings (SSSR count). The number of amides is 1. The number of carbonyl (C=O) groups excluding carboxylic acids is 1. The molecule has 0 bridgehead atoms. The van der Waals surface area contributed by atoms with Crippen LogP contribution in [-0.2, 0) is 16.6 Å². The molecule has 0 atom stereocenters. The van der Waals surface area contributed by atoms with Crippen molar-refractivity contribution in [1.29, 1.82) is 0 Å². The van der Waals surface area contributed by atoms with Crippen LogP contribution in [0.4, 0.5) is 5.69 Å². The van der Waals surface area contributed by atoms with E-state index in [2.05, 4.69) is 43.2 Å². The van der Waals surface area contributed by atoms with Gasteiger partial charge in [0.25, 0.3) is 0 Å². The van der Waals surface area contributed by atoms with Crippen LogP contribution in [0.3, 0.4) is 0 Å². The molecule has 0 unspecified atom stereocenters. The molecule has 0 aliphatic rings. The summed E-state index contributed by atoms with van der Waals surface area (Å²) < 4.78 is 5.91. The van der Waals surface area contributed by atoms with Gasteiger partial charge in [-0.25, -0.2) is 4.98 Å². The van der Waals surface area contributed by atoms with Crippen LogP contribution in [0.25, 0.3) is 22.6 Å². The zero-order valence-corrected chi connectivity index (χ0v) is 16.9. The van der Waals surface area contributed by atoms with Gasteiger partial charge in [-0.2, -0.15) is 0 Å². The number of fused-ring (bicyclic) bond motifs is 1. The van der Waals surface area contributed by atoms with Crippen LogP contribution in [0.5, 0.6) is 0 Å². The number of oxazole rings is 1. The number of nitrogens with zero attached hydrogens (tertiary/aromatic N) is 1. The molecule has 4 aromatic rings. The highest BCUT2D eigenvalue weighted by Gasteiger charge is 2.15. The van der Waals surface area contributed by atoms with Gasteiger partial charge >= 0.3 is 0 Å². The first-order valence-electron chi connectivity index (χ1n) is 9.74. The summed E-state index contributed by atoms with van der Waals surface area (Å²) in [5, 5.41) is 2.94. The van der Waals surface area contributed by atoms with Crippen molar-refractivity contribution in [3.8, 4) is 11.5 Å². The summed E-state index contributed by atoms with van der Waals surface area (Å²) in [5.74, 6) is 0.519. The molecule has 1 aromatic heterocycles. The smallest absolute Gasteiger partial charge is 0.228 e. The topological polar surface area (TPSA) is 55.1 Å².